The van der Waals surface area contributed by atoms with Gasteiger partial charge in [0, 0.05) is 18.3 Å². The predicted molar refractivity (Wildman–Crippen MR) is 98.6 cm³/mol. The third kappa shape index (κ3) is 3.35. The van der Waals surface area contributed by atoms with Crippen molar-refractivity contribution in [3.63, 3.8) is 0 Å². The van der Waals surface area contributed by atoms with Crippen molar-refractivity contribution in [3.05, 3.63) is 66.0 Å². The van der Waals surface area contributed by atoms with Crippen molar-refractivity contribution in [2.24, 2.45) is 4.99 Å². The van der Waals surface area contributed by atoms with Gasteiger partial charge in [-0.3, -0.25) is 14.6 Å². The molecule has 2 aromatic rings. The van der Waals surface area contributed by atoms with Gasteiger partial charge < -0.3 is 9.80 Å². The first kappa shape index (κ1) is 17.8. The van der Waals surface area contributed by atoms with Crippen LogP contribution in [0.1, 0.15) is 19.4 Å². The summed E-state index contributed by atoms with van der Waals surface area (Å²) in [6.45, 7) is 3.46. The van der Waals surface area contributed by atoms with Gasteiger partial charge in [0.05, 0.1) is 0 Å². The molecule has 6 heteroatoms. The zero-order valence-electron chi connectivity index (χ0n) is 14.9. The minimum atomic E-state index is -0.853. The summed E-state index contributed by atoms with van der Waals surface area (Å²) in [5.74, 6) is -0.930. The van der Waals surface area contributed by atoms with Gasteiger partial charge in [-0.2, -0.15) is 0 Å². The number of halogens is 1. The van der Waals surface area contributed by atoms with Crippen LogP contribution < -0.4 is 4.90 Å². The van der Waals surface area contributed by atoms with Gasteiger partial charge in [0.1, 0.15) is 23.7 Å². The number of para-hydroxylation sites is 1. The highest BCUT2D eigenvalue weighted by Gasteiger charge is 2.41. The highest BCUT2D eigenvalue weighted by atomic mass is 19.1. The van der Waals surface area contributed by atoms with Gasteiger partial charge in [-0.15, -0.1) is 0 Å². The lowest BCUT2D eigenvalue weighted by molar-refractivity contribution is -0.132. The Morgan fingerprint density at radius 3 is 2.35 bits per heavy atom. The number of amides is 2. The molecule has 0 N–H and O–H groups in total. The number of rotatable bonds is 4. The molecule has 26 heavy (non-hydrogen) atoms. The number of benzene rings is 2. The lowest BCUT2D eigenvalue weighted by atomic mass is 10.1. The molecule has 0 saturated carbocycles. The molecule has 0 saturated heterocycles. The minimum absolute atomic E-state index is 0.0918. The van der Waals surface area contributed by atoms with Crippen molar-refractivity contribution >= 4 is 23.2 Å². The lowest BCUT2D eigenvalue weighted by Crippen LogP contribution is -2.48. The average Bonchev–Trinajstić information content (AvgIpc) is 2.86. The van der Waals surface area contributed by atoms with Crippen molar-refractivity contribution in [2.45, 2.75) is 19.5 Å². The van der Waals surface area contributed by atoms with E-state index in [-0.39, 0.29) is 29.9 Å². The van der Waals surface area contributed by atoms with Gasteiger partial charge in [-0.1, -0.05) is 18.2 Å². The Labute approximate surface area is 151 Å². The second kappa shape index (κ2) is 6.71. The van der Waals surface area contributed by atoms with Crippen LogP contribution in [-0.2, 0) is 9.59 Å². The maximum absolute atomic E-state index is 13.1. The first-order valence-corrected chi connectivity index (χ1v) is 8.29. The Kier molecular flexibility index (Phi) is 4.59. The van der Waals surface area contributed by atoms with Gasteiger partial charge in [-0.25, -0.2) is 4.39 Å². The maximum Gasteiger partial charge on any atom is 0.275 e. The second-order valence-corrected chi connectivity index (χ2v) is 6.64. The predicted octanol–water partition coefficient (Wildman–Crippen LogP) is 2.86. The molecule has 1 aliphatic rings. The quantitative estimate of drug-likeness (QED) is 0.849. The fourth-order valence-corrected chi connectivity index (χ4v) is 2.86. The molecule has 3 rings (SSSR count). The molecule has 0 unspecified atom stereocenters. The molecular weight excluding hydrogens is 333 g/mol. The van der Waals surface area contributed by atoms with Crippen molar-refractivity contribution in [1.82, 2.24) is 4.90 Å². The summed E-state index contributed by atoms with van der Waals surface area (Å²) in [6.07, 6.45) is 0. The number of likely N-dealkylation sites (N-methyl/N-ethyl adjacent to an activating group) is 1. The summed E-state index contributed by atoms with van der Waals surface area (Å²) in [4.78, 5) is 32.9. The van der Waals surface area contributed by atoms with Gasteiger partial charge in [0.25, 0.3) is 5.91 Å². The van der Waals surface area contributed by atoms with Crippen LogP contribution >= 0.6 is 0 Å². The van der Waals surface area contributed by atoms with Crippen LogP contribution in [0.15, 0.2) is 59.6 Å². The average molecular weight is 353 g/mol. The number of anilines is 1. The van der Waals surface area contributed by atoms with Crippen molar-refractivity contribution in [1.29, 1.82) is 0 Å². The van der Waals surface area contributed by atoms with E-state index < -0.39 is 5.66 Å². The van der Waals surface area contributed by atoms with E-state index in [2.05, 4.69) is 4.99 Å². The Morgan fingerprint density at radius 1 is 1.12 bits per heavy atom. The standard InChI is InChI=1S/C20H20FN3O2/c1-20(2)22-18(14-9-11-15(21)12-10-14)19(26)24(20)13-17(25)23(3)16-7-5-4-6-8-16/h4-12H,13H2,1-3H3. The van der Waals surface area contributed by atoms with Gasteiger partial charge >= 0.3 is 0 Å². The molecular formula is C20H20FN3O2. The van der Waals surface area contributed by atoms with Gasteiger partial charge in [-0.05, 0) is 50.2 Å². The van der Waals surface area contributed by atoms with Crippen molar-refractivity contribution < 1.29 is 14.0 Å². The number of nitrogens with zero attached hydrogens (tertiary/aromatic N) is 3. The van der Waals surface area contributed by atoms with Crippen LogP contribution in [0.3, 0.4) is 0 Å². The topological polar surface area (TPSA) is 53.0 Å². The van der Waals surface area contributed by atoms with Crippen LogP contribution in [-0.4, -0.2) is 41.7 Å². The van der Waals surface area contributed by atoms with Crippen LogP contribution in [0.5, 0.6) is 0 Å². The van der Waals surface area contributed by atoms with E-state index in [1.807, 2.05) is 30.3 Å². The van der Waals surface area contributed by atoms with Crippen molar-refractivity contribution in [3.8, 4) is 0 Å². The molecule has 0 bridgehead atoms. The molecule has 0 aliphatic carbocycles. The van der Waals surface area contributed by atoms with Gasteiger partial charge in [0.2, 0.25) is 5.91 Å². The number of hydrogen-bond donors (Lipinski definition) is 0. The Balaban J connectivity index is 1.80. The van der Waals surface area contributed by atoms with Crippen LogP contribution in [0.25, 0.3) is 0 Å². The van der Waals surface area contributed by atoms with E-state index in [9.17, 15) is 14.0 Å². The summed E-state index contributed by atoms with van der Waals surface area (Å²) in [5, 5.41) is 0. The SMILES string of the molecule is CN(C(=O)CN1C(=O)C(c2ccc(F)cc2)=NC1(C)C)c1ccccc1. The number of carbonyl (C=O) groups excluding carboxylic acids is 2. The molecule has 5 nitrogen and oxygen atoms in total. The molecule has 0 radical (unpaired) electrons. The van der Waals surface area contributed by atoms with Crippen molar-refractivity contribution in [2.75, 3.05) is 18.5 Å². The smallest absolute Gasteiger partial charge is 0.275 e. The highest BCUT2D eigenvalue weighted by molar-refractivity contribution is 6.47. The molecule has 2 aromatic carbocycles. The summed E-state index contributed by atoms with van der Waals surface area (Å²) < 4.78 is 13.1. The normalized spacial score (nSPS) is 15.8. The molecule has 2 amide bonds. The summed E-state index contributed by atoms with van der Waals surface area (Å²) in [5.41, 5.74) is 0.677. The first-order chi connectivity index (χ1) is 12.3. The maximum atomic E-state index is 13.1. The molecule has 0 atom stereocenters. The molecule has 0 spiro atoms. The lowest BCUT2D eigenvalue weighted by Gasteiger charge is -2.30. The number of aliphatic imine (C=N–C) groups is 1. The monoisotopic (exact) mass is 353 g/mol. The molecule has 1 aliphatic heterocycles. The van der Waals surface area contributed by atoms with E-state index in [1.165, 1.54) is 34.1 Å². The third-order valence-corrected chi connectivity index (χ3v) is 4.42. The minimum Gasteiger partial charge on any atom is -0.314 e. The second-order valence-electron chi connectivity index (χ2n) is 6.64. The first-order valence-electron chi connectivity index (χ1n) is 8.29. The zero-order valence-corrected chi connectivity index (χ0v) is 14.9. The third-order valence-electron chi connectivity index (χ3n) is 4.42. The zero-order chi connectivity index (χ0) is 18.9. The summed E-state index contributed by atoms with van der Waals surface area (Å²) >= 11 is 0. The number of hydrogen-bond acceptors (Lipinski definition) is 3. The fourth-order valence-electron chi connectivity index (χ4n) is 2.86. The molecule has 134 valence electrons. The van der Waals surface area contributed by atoms with E-state index in [0.717, 1.165) is 5.69 Å². The molecule has 0 fully saturated rings. The Hall–Kier alpha value is -3.02. The fraction of sp³-hybridized carbons (Fsp3) is 0.250. The van der Waals surface area contributed by atoms with Crippen LogP contribution in [0.4, 0.5) is 10.1 Å². The summed E-state index contributed by atoms with van der Waals surface area (Å²) in [7, 11) is 1.67. The van der Waals surface area contributed by atoms with Gasteiger partial charge in [0.15, 0.2) is 0 Å². The molecule has 0 aromatic heterocycles. The number of carbonyl (C=O) groups is 2. The van der Waals surface area contributed by atoms with E-state index in [0.29, 0.717) is 5.56 Å². The highest BCUT2D eigenvalue weighted by Crippen LogP contribution is 2.26. The van der Waals surface area contributed by atoms with E-state index >= 15 is 0 Å². The van der Waals surface area contributed by atoms with E-state index in [1.54, 1.807) is 20.9 Å². The van der Waals surface area contributed by atoms with Crippen LogP contribution in [0.2, 0.25) is 0 Å². The van der Waals surface area contributed by atoms with Crippen LogP contribution in [0, 0.1) is 5.82 Å². The Morgan fingerprint density at radius 2 is 1.73 bits per heavy atom. The Bertz CT molecular complexity index is 860. The largest absolute Gasteiger partial charge is 0.314 e. The summed E-state index contributed by atoms with van der Waals surface area (Å²) in [6, 6.07) is 14.8. The molecule has 1 heterocycles. The van der Waals surface area contributed by atoms with E-state index in [4.69, 9.17) is 0 Å².